The molecule has 0 radical (unpaired) electrons. The third-order valence-corrected chi connectivity index (χ3v) is 7.00. The summed E-state index contributed by atoms with van der Waals surface area (Å²) in [5, 5.41) is 2.97. The lowest BCUT2D eigenvalue weighted by molar-refractivity contribution is 0.102. The Bertz CT molecular complexity index is 1190. The Hall–Kier alpha value is -3.16. The Morgan fingerprint density at radius 3 is 2.25 bits per heavy atom. The summed E-state index contributed by atoms with van der Waals surface area (Å²) in [4.78, 5) is 13.2. The molecule has 3 aromatic rings. The van der Waals surface area contributed by atoms with Crippen LogP contribution in [0.5, 0.6) is 5.75 Å². The van der Waals surface area contributed by atoms with Crippen LogP contribution < -0.4 is 10.1 Å². The maximum atomic E-state index is 13.0. The number of nitrogens with one attached hydrogen (secondary N) is 1. The molecule has 0 aromatic heterocycles. The van der Waals surface area contributed by atoms with Crippen LogP contribution in [0.3, 0.4) is 0 Å². The van der Waals surface area contributed by atoms with Gasteiger partial charge in [-0.25, -0.2) is 8.42 Å². The second kappa shape index (κ2) is 9.97. The van der Waals surface area contributed by atoms with Crippen molar-refractivity contribution in [3.63, 3.8) is 0 Å². The molecule has 1 N–H and O–H groups in total. The van der Waals surface area contributed by atoms with Gasteiger partial charge >= 0.3 is 0 Å². The average Bonchev–Trinajstić information content (AvgIpc) is 2.78. The molecule has 0 saturated carbocycles. The first-order chi connectivity index (χ1) is 15.2. The quantitative estimate of drug-likeness (QED) is 0.534. The monoisotopic (exact) mass is 452 g/mol. The van der Waals surface area contributed by atoms with Crippen LogP contribution in [0.25, 0.3) is 0 Å². The summed E-state index contributed by atoms with van der Waals surface area (Å²) < 4.78 is 32.8. The summed E-state index contributed by atoms with van der Waals surface area (Å²) >= 11 is 0. The largest absolute Gasteiger partial charge is 0.494 e. The zero-order valence-corrected chi connectivity index (χ0v) is 19.6. The fourth-order valence-corrected chi connectivity index (χ4v) is 4.61. The van der Waals surface area contributed by atoms with Crippen LogP contribution in [-0.2, 0) is 16.6 Å². The second-order valence-corrected chi connectivity index (χ2v) is 9.60. The third kappa shape index (κ3) is 5.18. The third-order valence-electron chi connectivity index (χ3n) is 5.19. The standard InChI is InChI=1S/C25H28N2O4S/c1-5-31-23-15-14-20(25(28)26-24-18(2)10-9-11-19(24)3)16-21(23)17-27(4)32(29,30)22-12-7-6-8-13-22/h6-16H,5,17H2,1-4H3,(H,26,28). The second-order valence-electron chi connectivity index (χ2n) is 7.55. The fraction of sp³-hybridized carbons (Fsp3) is 0.240. The van der Waals surface area contributed by atoms with Gasteiger partial charge in [-0.05, 0) is 62.2 Å². The molecule has 7 heteroatoms. The van der Waals surface area contributed by atoms with E-state index in [1.54, 1.807) is 48.5 Å². The van der Waals surface area contributed by atoms with Gasteiger partial charge in [-0.15, -0.1) is 0 Å². The minimum atomic E-state index is -3.68. The Morgan fingerprint density at radius 2 is 1.62 bits per heavy atom. The number of ether oxygens (including phenoxy) is 1. The van der Waals surface area contributed by atoms with E-state index in [0.717, 1.165) is 16.8 Å². The van der Waals surface area contributed by atoms with Gasteiger partial charge < -0.3 is 10.1 Å². The summed E-state index contributed by atoms with van der Waals surface area (Å²) in [5.41, 5.74) is 3.76. The Labute approximate surface area is 189 Å². The molecule has 3 rings (SSSR count). The Kier molecular flexibility index (Phi) is 7.33. The highest BCUT2D eigenvalue weighted by Gasteiger charge is 2.22. The van der Waals surface area contributed by atoms with Gasteiger partial charge in [-0.3, -0.25) is 4.79 Å². The number of anilines is 1. The molecule has 3 aromatic carbocycles. The highest BCUT2D eigenvalue weighted by Crippen LogP contribution is 2.26. The molecular formula is C25H28N2O4S. The molecule has 0 fully saturated rings. The molecule has 0 aliphatic rings. The van der Waals surface area contributed by atoms with E-state index in [9.17, 15) is 13.2 Å². The van der Waals surface area contributed by atoms with Gasteiger partial charge in [0.15, 0.2) is 0 Å². The zero-order chi connectivity index (χ0) is 23.3. The number of hydrogen-bond donors (Lipinski definition) is 1. The molecule has 168 valence electrons. The first-order valence-electron chi connectivity index (χ1n) is 10.4. The molecule has 32 heavy (non-hydrogen) atoms. The van der Waals surface area contributed by atoms with Crippen molar-refractivity contribution in [3.8, 4) is 5.75 Å². The van der Waals surface area contributed by atoms with E-state index in [1.807, 2.05) is 39.0 Å². The fourth-order valence-electron chi connectivity index (χ4n) is 3.44. The number of amides is 1. The normalized spacial score (nSPS) is 11.4. The summed E-state index contributed by atoms with van der Waals surface area (Å²) in [5.74, 6) is 0.284. The van der Waals surface area contributed by atoms with E-state index in [0.29, 0.717) is 23.5 Å². The molecule has 1 amide bonds. The highest BCUT2D eigenvalue weighted by atomic mass is 32.2. The minimum absolute atomic E-state index is 0.0665. The summed E-state index contributed by atoms with van der Waals surface area (Å²) in [6, 6.07) is 19.2. The molecule has 0 saturated heterocycles. The summed E-state index contributed by atoms with van der Waals surface area (Å²) in [7, 11) is -2.17. The van der Waals surface area contributed by atoms with Crippen LogP contribution in [-0.4, -0.2) is 32.3 Å². The first kappa shape index (κ1) is 23.5. The zero-order valence-electron chi connectivity index (χ0n) is 18.8. The van der Waals surface area contributed by atoms with Crippen molar-refractivity contribution in [2.45, 2.75) is 32.2 Å². The van der Waals surface area contributed by atoms with Gasteiger partial charge in [0.05, 0.1) is 11.5 Å². The maximum absolute atomic E-state index is 13.0. The Balaban J connectivity index is 1.90. The predicted molar refractivity (Wildman–Crippen MR) is 127 cm³/mol. The van der Waals surface area contributed by atoms with Crippen LogP contribution in [0.4, 0.5) is 5.69 Å². The van der Waals surface area contributed by atoms with Crippen LogP contribution >= 0.6 is 0 Å². The lowest BCUT2D eigenvalue weighted by atomic mass is 10.1. The van der Waals surface area contributed by atoms with Crippen molar-refractivity contribution in [1.82, 2.24) is 4.31 Å². The molecule has 0 aliphatic carbocycles. The number of nitrogens with zero attached hydrogens (tertiary/aromatic N) is 1. The number of benzene rings is 3. The van der Waals surface area contributed by atoms with Crippen molar-refractivity contribution >= 4 is 21.6 Å². The maximum Gasteiger partial charge on any atom is 0.255 e. The number of hydrogen-bond acceptors (Lipinski definition) is 4. The van der Waals surface area contributed by atoms with E-state index < -0.39 is 10.0 Å². The molecule has 0 heterocycles. The lowest BCUT2D eigenvalue weighted by Gasteiger charge is -2.20. The molecule has 0 aliphatic heterocycles. The number of carbonyl (C=O) groups is 1. The number of carbonyl (C=O) groups excluding carboxylic acids is 1. The number of para-hydroxylation sites is 1. The number of sulfonamides is 1. The molecule has 6 nitrogen and oxygen atoms in total. The summed E-state index contributed by atoms with van der Waals surface area (Å²) in [6.45, 7) is 6.23. The number of rotatable bonds is 8. The van der Waals surface area contributed by atoms with Crippen molar-refractivity contribution in [2.24, 2.45) is 0 Å². The molecular weight excluding hydrogens is 424 g/mol. The van der Waals surface area contributed by atoms with Gasteiger partial charge in [-0.2, -0.15) is 4.31 Å². The van der Waals surface area contributed by atoms with E-state index >= 15 is 0 Å². The summed E-state index contributed by atoms with van der Waals surface area (Å²) in [6.07, 6.45) is 0. The van der Waals surface area contributed by atoms with Crippen LogP contribution in [0.2, 0.25) is 0 Å². The predicted octanol–water partition coefficient (Wildman–Crippen LogP) is 4.78. The van der Waals surface area contributed by atoms with E-state index in [1.165, 1.54) is 11.4 Å². The van der Waals surface area contributed by atoms with E-state index in [-0.39, 0.29) is 17.3 Å². The van der Waals surface area contributed by atoms with Gasteiger partial charge in [0.1, 0.15) is 5.75 Å². The highest BCUT2D eigenvalue weighted by molar-refractivity contribution is 7.89. The van der Waals surface area contributed by atoms with Crippen molar-refractivity contribution in [3.05, 3.63) is 89.0 Å². The first-order valence-corrected chi connectivity index (χ1v) is 11.8. The van der Waals surface area contributed by atoms with Crippen LogP contribution in [0.1, 0.15) is 34.0 Å². The molecule has 0 spiro atoms. The average molecular weight is 453 g/mol. The minimum Gasteiger partial charge on any atom is -0.494 e. The van der Waals surface area contributed by atoms with Crippen molar-refractivity contribution < 1.29 is 17.9 Å². The van der Waals surface area contributed by atoms with Crippen molar-refractivity contribution in [1.29, 1.82) is 0 Å². The van der Waals surface area contributed by atoms with Crippen molar-refractivity contribution in [2.75, 3.05) is 19.0 Å². The molecule has 0 bridgehead atoms. The van der Waals surface area contributed by atoms with Gasteiger partial charge in [0.2, 0.25) is 10.0 Å². The SMILES string of the molecule is CCOc1ccc(C(=O)Nc2c(C)cccc2C)cc1CN(C)S(=O)(=O)c1ccccc1. The molecule has 0 atom stereocenters. The van der Waals surface area contributed by atoms with Gasteiger partial charge in [0, 0.05) is 30.4 Å². The number of aryl methyl sites for hydroxylation is 2. The topological polar surface area (TPSA) is 75.7 Å². The van der Waals surface area contributed by atoms with Gasteiger partial charge in [0.25, 0.3) is 5.91 Å². The molecule has 0 unspecified atom stereocenters. The smallest absolute Gasteiger partial charge is 0.255 e. The van der Waals surface area contributed by atoms with Crippen LogP contribution in [0, 0.1) is 13.8 Å². The lowest BCUT2D eigenvalue weighted by Crippen LogP contribution is -2.27. The van der Waals surface area contributed by atoms with E-state index in [2.05, 4.69) is 5.32 Å². The van der Waals surface area contributed by atoms with Crippen LogP contribution in [0.15, 0.2) is 71.6 Å². The Morgan fingerprint density at radius 1 is 0.969 bits per heavy atom. The van der Waals surface area contributed by atoms with E-state index in [4.69, 9.17) is 4.74 Å². The van der Waals surface area contributed by atoms with Gasteiger partial charge in [-0.1, -0.05) is 36.4 Å².